The van der Waals surface area contributed by atoms with Gasteiger partial charge in [-0.3, -0.25) is 9.40 Å². The van der Waals surface area contributed by atoms with Crippen molar-refractivity contribution in [2.75, 3.05) is 17.6 Å². The van der Waals surface area contributed by atoms with Crippen molar-refractivity contribution in [1.82, 2.24) is 9.78 Å². The number of benzene rings is 1. The Balaban J connectivity index is 2.30. The van der Waals surface area contributed by atoms with E-state index in [1.165, 1.54) is 30.3 Å². The average molecular weight is 282 g/mol. The Hall–Kier alpha value is -2.22. The predicted molar refractivity (Wildman–Crippen MR) is 71.4 cm³/mol. The lowest BCUT2D eigenvalue weighted by atomic mass is 10.3. The van der Waals surface area contributed by atoms with Gasteiger partial charge in [0.15, 0.2) is 0 Å². The van der Waals surface area contributed by atoms with Crippen molar-refractivity contribution in [3.05, 3.63) is 30.6 Å². The number of sulfonamides is 1. The van der Waals surface area contributed by atoms with Gasteiger partial charge in [0.05, 0.1) is 24.7 Å². The van der Waals surface area contributed by atoms with E-state index < -0.39 is 10.0 Å². The zero-order chi connectivity index (χ0) is 14.0. The molecule has 2 aromatic rings. The fraction of sp³-hybridized carbons (Fsp3) is 0.182. The molecule has 102 valence electrons. The molecular weight excluding hydrogens is 268 g/mol. The number of anilines is 2. The van der Waals surface area contributed by atoms with E-state index in [1.807, 2.05) is 0 Å². The molecule has 0 bridgehead atoms. The molecule has 0 aliphatic rings. The van der Waals surface area contributed by atoms with Crippen molar-refractivity contribution in [2.45, 2.75) is 4.90 Å². The van der Waals surface area contributed by atoms with E-state index in [2.05, 4.69) is 9.82 Å². The van der Waals surface area contributed by atoms with Crippen molar-refractivity contribution >= 4 is 21.4 Å². The fourth-order valence-electron chi connectivity index (χ4n) is 1.53. The minimum Gasteiger partial charge on any atom is -0.495 e. The summed E-state index contributed by atoms with van der Waals surface area (Å²) >= 11 is 0. The van der Waals surface area contributed by atoms with Crippen molar-refractivity contribution in [2.24, 2.45) is 7.05 Å². The van der Waals surface area contributed by atoms with Gasteiger partial charge in [-0.2, -0.15) is 5.10 Å². The van der Waals surface area contributed by atoms with Gasteiger partial charge in [0.25, 0.3) is 10.0 Å². The fourth-order valence-corrected chi connectivity index (χ4v) is 2.56. The van der Waals surface area contributed by atoms with Crippen LogP contribution in [0.25, 0.3) is 0 Å². The Bertz CT molecular complexity index is 694. The van der Waals surface area contributed by atoms with E-state index >= 15 is 0 Å². The van der Waals surface area contributed by atoms with Crippen LogP contribution >= 0.6 is 0 Å². The number of nitrogen functional groups attached to an aromatic ring is 1. The van der Waals surface area contributed by atoms with Crippen molar-refractivity contribution < 1.29 is 13.2 Å². The molecule has 0 aliphatic carbocycles. The Labute approximate surface area is 111 Å². The van der Waals surface area contributed by atoms with Gasteiger partial charge in [-0.05, 0) is 12.1 Å². The number of nitrogens with two attached hydrogens (primary N) is 1. The number of nitrogens with zero attached hydrogens (tertiary/aromatic N) is 2. The van der Waals surface area contributed by atoms with Crippen LogP contribution in [0.15, 0.2) is 35.5 Å². The molecule has 0 radical (unpaired) electrons. The third-order valence-corrected chi connectivity index (χ3v) is 3.81. The highest BCUT2D eigenvalue weighted by atomic mass is 32.2. The quantitative estimate of drug-likeness (QED) is 0.808. The minimum atomic E-state index is -3.66. The summed E-state index contributed by atoms with van der Waals surface area (Å²) in [5.74, 6) is 0.409. The molecule has 0 unspecified atom stereocenters. The monoisotopic (exact) mass is 282 g/mol. The van der Waals surface area contributed by atoms with E-state index in [-0.39, 0.29) is 4.90 Å². The van der Waals surface area contributed by atoms with Crippen molar-refractivity contribution in [3.63, 3.8) is 0 Å². The summed E-state index contributed by atoms with van der Waals surface area (Å²) < 4.78 is 33.0. The van der Waals surface area contributed by atoms with Crippen LogP contribution in [-0.4, -0.2) is 25.3 Å². The molecule has 2 rings (SSSR count). The maximum Gasteiger partial charge on any atom is 0.265 e. The van der Waals surface area contributed by atoms with Crippen LogP contribution in [0.5, 0.6) is 5.75 Å². The Morgan fingerprint density at radius 2 is 2.16 bits per heavy atom. The van der Waals surface area contributed by atoms with E-state index in [4.69, 9.17) is 10.5 Å². The highest BCUT2D eigenvalue weighted by molar-refractivity contribution is 7.92. The van der Waals surface area contributed by atoms with Crippen LogP contribution in [0.4, 0.5) is 11.4 Å². The molecule has 0 saturated carbocycles. The zero-order valence-electron chi connectivity index (χ0n) is 10.5. The standard InChI is InChI=1S/C11H14N4O3S/c1-15-7-9(6-13-15)19(16,17)14-8-3-4-10(12)11(5-8)18-2/h3-7,14H,12H2,1-2H3. The van der Waals surface area contributed by atoms with Crippen LogP contribution in [0.1, 0.15) is 0 Å². The molecule has 0 fully saturated rings. The van der Waals surface area contributed by atoms with Crippen LogP contribution in [-0.2, 0) is 17.1 Å². The summed E-state index contributed by atoms with van der Waals surface area (Å²) in [6, 6.07) is 4.65. The Morgan fingerprint density at radius 1 is 1.42 bits per heavy atom. The maximum absolute atomic E-state index is 12.1. The van der Waals surface area contributed by atoms with Gasteiger partial charge in [-0.15, -0.1) is 0 Å². The van der Waals surface area contributed by atoms with Gasteiger partial charge in [-0.1, -0.05) is 0 Å². The molecule has 3 N–H and O–H groups in total. The highest BCUT2D eigenvalue weighted by Crippen LogP contribution is 2.26. The summed E-state index contributed by atoms with van der Waals surface area (Å²) in [5.41, 5.74) is 6.47. The SMILES string of the molecule is COc1cc(NS(=O)(=O)c2cnn(C)c2)ccc1N. The molecule has 0 amide bonds. The van der Waals surface area contributed by atoms with E-state index in [1.54, 1.807) is 19.2 Å². The van der Waals surface area contributed by atoms with Gasteiger partial charge in [0.2, 0.25) is 0 Å². The van der Waals surface area contributed by atoms with Crippen LogP contribution in [0, 0.1) is 0 Å². The predicted octanol–water partition coefficient (Wildman–Crippen LogP) is 0.812. The third kappa shape index (κ3) is 2.79. The molecule has 1 heterocycles. The molecule has 19 heavy (non-hydrogen) atoms. The summed E-state index contributed by atoms with van der Waals surface area (Å²) in [7, 11) is -0.553. The van der Waals surface area contributed by atoms with E-state index in [9.17, 15) is 8.42 Å². The summed E-state index contributed by atoms with van der Waals surface area (Å²) in [5, 5.41) is 3.83. The van der Waals surface area contributed by atoms with E-state index in [0.717, 1.165) is 0 Å². The minimum absolute atomic E-state index is 0.0887. The number of methoxy groups -OCH3 is 1. The summed E-state index contributed by atoms with van der Waals surface area (Å²) in [4.78, 5) is 0.0887. The lowest BCUT2D eigenvalue weighted by Crippen LogP contribution is -2.12. The number of ether oxygens (including phenoxy) is 1. The second-order valence-corrected chi connectivity index (χ2v) is 5.59. The number of hydrogen-bond acceptors (Lipinski definition) is 5. The number of hydrogen-bond donors (Lipinski definition) is 2. The zero-order valence-corrected chi connectivity index (χ0v) is 11.3. The summed E-state index contributed by atoms with van der Waals surface area (Å²) in [6.45, 7) is 0. The second-order valence-electron chi connectivity index (χ2n) is 3.91. The van der Waals surface area contributed by atoms with Gasteiger partial charge >= 0.3 is 0 Å². The number of rotatable bonds is 4. The van der Waals surface area contributed by atoms with Crippen LogP contribution in [0.3, 0.4) is 0 Å². The van der Waals surface area contributed by atoms with Crippen LogP contribution < -0.4 is 15.2 Å². The Morgan fingerprint density at radius 3 is 2.74 bits per heavy atom. The Kier molecular flexibility index (Phi) is 3.34. The first kappa shape index (κ1) is 13.2. The first-order valence-electron chi connectivity index (χ1n) is 5.37. The first-order chi connectivity index (χ1) is 8.92. The summed E-state index contributed by atoms with van der Waals surface area (Å²) in [6.07, 6.45) is 2.69. The molecular formula is C11H14N4O3S. The number of aromatic nitrogens is 2. The largest absolute Gasteiger partial charge is 0.495 e. The average Bonchev–Trinajstić information content (AvgIpc) is 2.79. The van der Waals surface area contributed by atoms with Gasteiger partial charge in [-0.25, -0.2) is 8.42 Å². The molecule has 1 aromatic heterocycles. The molecule has 8 heteroatoms. The van der Waals surface area contributed by atoms with Crippen molar-refractivity contribution in [1.29, 1.82) is 0 Å². The second kappa shape index (κ2) is 4.81. The lowest BCUT2D eigenvalue weighted by Gasteiger charge is -2.09. The number of aryl methyl sites for hydroxylation is 1. The molecule has 0 atom stereocenters. The lowest BCUT2D eigenvalue weighted by molar-refractivity contribution is 0.417. The molecule has 1 aromatic carbocycles. The van der Waals surface area contributed by atoms with Crippen LogP contribution in [0.2, 0.25) is 0 Å². The normalized spacial score (nSPS) is 11.3. The topological polar surface area (TPSA) is 99.2 Å². The molecule has 0 saturated heterocycles. The maximum atomic E-state index is 12.1. The van der Waals surface area contributed by atoms with E-state index in [0.29, 0.717) is 17.1 Å². The third-order valence-electron chi connectivity index (χ3n) is 2.48. The molecule has 0 aliphatic heterocycles. The molecule has 7 nitrogen and oxygen atoms in total. The number of nitrogens with one attached hydrogen (secondary N) is 1. The van der Waals surface area contributed by atoms with Gasteiger partial charge < -0.3 is 10.5 Å². The highest BCUT2D eigenvalue weighted by Gasteiger charge is 2.16. The van der Waals surface area contributed by atoms with Crippen molar-refractivity contribution in [3.8, 4) is 5.75 Å². The first-order valence-corrected chi connectivity index (χ1v) is 6.85. The van der Waals surface area contributed by atoms with Gasteiger partial charge in [0.1, 0.15) is 10.6 Å². The smallest absolute Gasteiger partial charge is 0.265 e. The molecule has 0 spiro atoms. The van der Waals surface area contributed by atoms with Gasteiger partial charge in [0, 0.05) is 19.3 Å².